The third-order valence-corrected chi connectivity index (χ3v) is 3.99. The van der Waals surface area contributed by atoms with Crippen molar-refractivity contribution in [2.24, 2.45) is 0 Å². The summed E-state index contributed by atoms with van der Waals surface area (Å²) in [6.45, 7) is 1.55. The molecule has 2 heterocycles. The van der Waals surface area contributed by atoms with Crippen LogP contribution >= 0.6 is 11.3 Å². The number of aromatic nitrogens is 2. The van der Waals surface area contributed by atoms with Gasteiger partial charge in [-0.15, -0.1) is 34.7 Å². The summed E-state index contributed by atoms with van der Waals surface area (Å²) in [6.07, 6.45) is -5.62. The molecule has 0 unspecified atom stereocenters. The van der Waals surface area contributed by atoms with Gasteiger partial charge in [0.25, 0.3) is 11.8 Å². The van der Waals surface area contributed by atoms with Gasteiger partial charge >= 0.3 is 12.3 Å². The maximum absolute atomic E-state index is 12.1. The Labute approximate surface area is 149 Å². The first-order chi connectivity index (χ1) is 12.3. The smallest absolute Gasteiger partial charge is 0.449 e. The maximum atomic E-state index is 12.1. The summed E-state index contributed by atoms with van der Waals surface area (Å²) < 4.78 is 50.8. The van der Waals surface area contributed by atoms with E-state index in [-0.39, 0.29) is 11.5 Å². The van der Waals surface area contributed by atoms with Crippen LogP contribution in [0.5, 0.6) is 5.75 Å². The van der Waals surface area contributed by atoms with Gasteiger partial charge in [-0.3, -0.25) is 0 Å². The topological polar surface area (TPSA) is 74.5 Å². The van der Waals surface area contributed by atoms with Crippen LogP contribution in [0.1, 0.15) is 29.3 Å². The molecule has 1 atom stereocenters. The quantitative estimate of drug-likeness (QED) is 0.598. The van der Waals surface area contributed by atoms with E-state index in [1.165, 1.54) is 23.5 Å². The molecule has 26 heavy (non-hydrogen) atoms. The Kier molecular flexibility index (Phi) is 4.94. The Morgan fingerprint density at radius 1 is 1.19 bits per heavy atom. The summed E-state index contributed by atoms with van der Waals surface area (Å²) in [6, 6.07) is 8.03. The van der Waals surface area contributed by atoms with E-state index in [1.54, 1.807) is 6.92 Å². The van der Waals surface area contributed by atoms with Crippen LogP contribution in [0.3, 0.4) is 0 Å². The van der Waals surface area contributed by atoms with Gasteiger partial charge in [0.1, 0.15) is 5.75 Å². The Balaban J connectivity index is 1.64. The van der Waals surface area contributed by atoms with Crippen molar-refractivity contribution in [3.63, 3.8) is 0 Å². The van der Waals surface area contributed by atoms with Gasteiger partial charge in [-0.25, -0.2) is 4.79 Å². The van der Waals surface area contributed by atoms with Crippen LogP contribution < -0.4 is 4.74 Å². The fourth-order valence-corrected chi connectivity index (χ4v) is 2.61. The molecule has 0 radical (unpaired) electrons. The number of benzene rings is 1. The van der Waals surface area contributed by atoms with Crippen LogP contribution in [0, 0.1) is 0 Å². The van der Waals surface area contributed by atoms with E-state index in [4.69, 9.17) is 9.15 Å². The highest BCUT2D eigenvalue weighted by Gasteiger charge is 2.31. The third-order valence-electron chi connectivity index (χ3n) is 3.13. The Hall–Kier alpha value is -2.88. The number of carbonyl (C=O) groups is 1. The molecule has 0 bridgehead atoms. The molecule has 0 aliphatic carbocycles. The lowest BCUT2D eigenvalue weighted by Crippen LogP contribution is -2.17. The van der Waals surface area contributed by atoms with Crippen molar-refractivity contribution in [2.75, 3.05) is 0 Å². The molecule has 6 nitrogen and oxygen atoms in total. The number of carbonyl (C=O) groups excluding carboxylic acids is 1. The van der Waals surface area contributed by atoms with Crippen molar-refractivity contribution >= 4 is 17.3 Å². The van der Waals surface area contributed by atoms with Crippen LogP contribution in [-0.2, 0) is 4.74 Å². The van der Waals surface area contributed by atoms with Gasteiger partial charge in [0.15, 0.2) is 6.10 Å². The number of nitrogens with zero attached hydrogens (tertiary/aromatic N) is 2. The summed E-state index contributed by atoms with van der Waals surface area (Å²) in [4.78, 5) is 12.9. The van der Waals surface area contributed by atoms with E-state index < -0.39 is 24.2 Å². The van der Waals surface area contributed by atoms with Crippen LogP contribution in [0.2, 0.25) is 0 Å². The maximum Gasteiger partial charge on any atom is 0.573 e. The lowest BCUT2D eigenvalue weighted by molar-refractivity contribution is -0.274. The zero-order chi connectivity index (χ0) is 18.7. The second-order valence-corrected chi connectivity index (χ2v) is 5.99. The monoisotopic (exact) mass is 384 g/mol. The Morgan fingerprint density at radius 3 is 2.54 bits per heavy atom. The molecule has 0 N–H and O–H groups in total. The van der Waals surface area contributed by atoms with Gasteiger partial charge < -0.3 is 13.9 Å². The van der Waals surface area contributed by atoms with E-state index in [1.807, 2.05) is 17.5 Å². The van der Waals surface area contributed by atoms with Gasteiger partial charge in [-0.2, -0.15) is 0 Å². The highest BCUT2D eigenvalue weighted by atomic mass is 32.1. The second kappa shape index (κ2) is 7.16. The summed E-state index contributed by atoms with van der Waals surface area (Å²) in [7, 11) is 0. The van der Waals surface area contributed by atoms with E-state index in [0.717, 1.165) is 17.0 Å². The number of hydrogen-bond donors (Lipinski definition) is 0. The standard InChI is InChI=1S/C16H11F3N2O4S/c1-9(13-20-21-14(24-13)12-3-2-8-26-12)23-15(22)10-4-6-11(7-5-10)25-16(17,18)19/h2-9H,1H3/t9-/m0/s1. The SMILES string of the molecule is C[C@H](OC(=O)c1ccc(OC(F)(F)F)cc1)c1nnc(-c2cccs2)o1. The molecule has 2 aromatic heterocycles. The summed E-state index contributed by atoms with van der Waals surface area (Å²) in [5.74, 6) is -0.753. The predicted octanol–water partition coefficient (Wildman–Crippen LogP) is 4.61. The van der Waals surface area contributed by atoms with Crippen LogP contribution in [0.4, 0.5) is 13.2 Å². The van der Waals surface area contributed by atoms with Gasteiger partial charge in [-0.05, 0) is 42.6 Å². The van der Waals surface area contributed by atoms with Crippen LogP contribution in [0.25, 0.3) is 10.8 Å². The number of thiophene rings is 1. The summed E-state index contributed by atoms with van der Waals surface area (Å²) in [5.41, 5.74) is 0.0596. The van der Waals surface area contributed by atoms with E-state index in [0.29, 0.717) is 5.89 Å². The molecule has 0 spiro atoms. The molecular formula is C16H11F3N2O4S. The molecule has 10 heteroatoms. The zero-order valence-corrected chi connectivity index (χ0v) is 14.0. The minimum absolute atomic E-state index is 0.0596. The number of alkyl halides is 3. The van der Waals surface area contributed by atoms with Gasteiger partial charge in [0.05, 0.1) is 10.4 Å². The molecule has 3 rings (SSSR count). The number of rotatable bonds is 5. The first kappa shape index (κ1) is 17.9. The largest absolute Gasteiger partial charge is 0.573 e. The van der Waals surface area contributed by atoms with Crippen molar-refractivity contribution < 1.29 is 31.9 Å². The van der Waals surface area contributed by atoms with Gasteiger partial charge in [0.2, 0.25) is 0 Å². The van der Waals surface area contributed by atoms with E-state index >= 15 is 0 Å². The lowest BCUT2D eigenvalue weighted by atomic mass is 10.2. The van der Waals surface area contributed by atoms with Crippen LogP contribution in [-0.4, -0.2) is 22.5 Å². The first-order valence-electron chi connectivity index (χ1n) is 7.26. The fraction of sp³-hybridized carbons (Fsp3) is 0.188. The molecule has 0 saturated carbocycles. The van der Waals surface area contributed by atoms with Gasteiger partial charge in [0, 0.05) is 0 Å². The first-order valence-corrected chi connectivity index (χ1v) is 8.14. The minimum Gasteiger partial charge on any atom is -0.449 e. The van der Waals surface area contributed by atoms with Gasteiger partial charge in [-0.1, -0.05) is 6.07 Å². The second-order valence-electron chi connectivity index (χ2n) is 5.04. The highest BCUT2D eigenvalue weighted by Crippen LogP contribution is 2.27. The number of esters is 1. The average Bonchev–Trinajstić information content (AvgIpc) is 3.25. The molecule has 3 aromatic rings. The van der Waals surface area contributed by atoms with Crippen molar-refractivity contribution in [1.82, 2.24) is 10.2 Å². The Morgan fingerprint density at radius 2 is 1.92 bits per heavy atom. The molecule has 0 fully saturated rings. The number of halogens is 3. The molecule has 0 amide bonds. The van der Waals surface area contributed by atoms with Crippen LogP contribution in [0.15, 0.2) is 46.2 Å². The average molecular weight is 384 g/mol. The fourth-order valence-electron chi connectivity index (χ4n) is 1.97. The number of ether oxygens (including phenoxy) is 2. The molecule has 136 valence electrons. The highest BCUT2D eigenvalue weighted by molar-refractivity contribution is 7.13. The molecule has 0 saturated heterocycles. The predicted molar refractivity (Wildman–Crippen MR) is 84.6 cm³/mol. The molecule has 0 aliphatic heterocycles. The summed E-state index contributed by atoms with van der Waals surface area (Å²) in [5, 5.41) is 9.58. The zero-order valence-electron chi connectivity index (χ0n) is 13.2. The van der Waals surface area contributed by atoms with E-state index in [2.05, 4.69) is 14.9 Å². The lowest BCUT2D eigenvalue weighted by Gasteiger charge is -2.11. The van der Waals surface area contributed by atoms with Crippen molar-refractivity contribution in [1.29, 1.82) is 0 Å². The Bertz CT molecular complexity index is 876. The normalized spacial score (nSPS) is 12.6. The summed E-state index contributed by atoms with van der Waals surface area (Å²) >= 11 is 1.42. The van der Waals surface area contributed by atoms with Crippen molar-refractivity contribution in [3.05, 3.63) is 53.2 Å². The van der Waals surface area contributed by atoms with Crippen molar-refractivity contribution in [2.45, 2.75) is 19.4 Å². The number of hydrogen-bond acceptors (Lipinski definition) is 7. The minimum atomic E-state index is -4.80. The molecular weight excluding hydrogens is 373 g/mol. The van der Waals surface area contributed by atoms with Crippen molar-refractivity contribution in [3.8, 4) is 16.5 Å². The molecule has 0 aliphatic rings. The molecule has 1 aromatic carbocycles. The third kappa shape index (κ3) is 4.39. The van der Waals surface area contributed by atoms with E-state index in [9.17, 15) is 18.0 Å².